The highest BCUT2D eigenvalue weighted by atomic mass is 32.2. The number of nitrogens with zero attached hydrogens (tertiary/aromatic N) is 2. The number of benzene rings is 1. The summed E-state index contributed by atoms with van der Waals surface area (Å²) in [4.78, 5) is 3.76. The summed E-state index contributed by atoms with van der Waals surface area (Å²) in [6, 6.07) is 9.26. The van der Waals surface area contributed by atoms with E-state index >= 15 is 0 Å². The minimum absolute atomic E-state index is 0.00179. The number of aromatic nitrogens is 2. The van der Waals surface area contributed by atoms with Crippen molar-refractivity contribution in [3.8, 4) is 0 Å². The van der Waals surface area contributed by atoms with E-state index in [1.165, 1.54) is 10.9 Å². The van der Waals surface area contributed by atoms with Gasteiger partial charge in [-0.3, -0.25) is 0 Å². The minimum Gasteiger partial charge on any atom is -0.381 e. The molecule has 7 heteroatoms. The molecule has 0 amide bonds. The minimum atomic E-state index is -3.65. The Morgan fingerprint density at radius 3 is 2.56 bits per heavy atom. The fourth-order valence-corrected chi connectivity index (χ4v) is 2.85. The van der Waals surface area contributed by atoms with Gasteiger partial charge in [-0.2, -0.15) is 0 Å². The summed E-state index contributed by atoms with van der Waals surface area (Å²) in [6.07, 6.45) is 1.37. The van der Waals surface area contributed by atoms with Gasteiger partial charge in [0.2, 0.25) is 0 Å². The molecule has 0 aliphatic heterocycles. The van der Waals surface area contributed by atoms with Crippen LogP contribution in [0, 0.1) is 0 Å². The summed E-state index contributed by atoms with van der Waals surface area (Å²) in [6.45, 7) is 0.216. The standard InChI is InChI=1S/C11H14N4O2S/c1-15-8-13-10(12)11(15)18(16,17)14-7-9-5-3-2-4-6-9/h2-6,8,14H,7,12H2,1H3. The first-order valence-corrected chi connectivity index (χ1v) is 6.79. The Morgan fingerprint density at radius 1 is 1.33 bits per heavy atom. The van der Waals surface area contributed by atoms with E-state index in [0.717, 1.165) is 5.56 Å². The Bertz CT molecular complexity index is 615. The molecule has 6 nitrogen and oxygen atoms in total. The van der Waals surface area contributed by atoms with Crippen molar-refractivity contribution >= 4 is 15.8 Å². The lowest BCUT2D eigenvalue weighted by Gasteiger charge is -2.07. The first-order chi connectivity index (χ1) is 8.50. The Morgan fingerprint density at radius 2 is 2.00 bits per heavy atom. The number of nitrogens with one attached hydrogen (secondary N) is 1. The lowest BCUT2D eigenvalue weighted by molar-refractivity contribution is 0.571. The van der Waals surface area contributed by atoms with Crippen molar-refractivity contribution in [2.75, 3.05) is 5.73 Å². The van der Waals surface area contributed by atoms with Crippen LogP contribution in [0.2, 0.25) is 0 Å². The molecule has 0 spiro atoms. The van der Waals surface area contributed by atoms with Crippen molar-refractivity contribution in [3.05, 3.63) is 42.2 Å². The van der Waals surface area contributed by atoms with Crippen LogP contribution in [0.1, 0.15) is 5.56 Å². The van der Waals surface area contributed by atoms with E-state index in [2.05, 4.69) is 9.71 Å². The average molecular weight is 266 g/mol. The Hall–Kier alpha value is -1.86. The SMILES string of the molecule is Cn1cnc(N)c1S(=O)(=O)NCc1ccccc1. The van der Waals surface area contributed by atoms with Gasteiger partial charge in [-0.25, -0.2) is 18.1 Å². The molecule has 2 aromatic rings. The zero-order chi connectivity index (χ0) is 13.2. The number of nitrogen functional groups attached to an aromatic ring is 1. The van der Waals surface area contributed by atoms with Crippen LogP contribution in [0.4, 0.5) is 5.82 Å². The molecule has 0 fully saturated rings. The number of anilines is 1. The zero-order valence-electron chi connectivity index (χ0n) is 9.87. The second kappa shape index (κ2) is 4.79. The highest BCUT2D eigenvalue weighted by Crippen LogP contribution is 2.15. The summed E-state index contributed by atoms with van der Waals surface area (Å²) in [7, 11) is -2.07. The normalized spacial score (nSPS) is 11.6. The van der Waals surface area contributed by atoms with Gasteiger partial charge in [0.1, 0.15) is 0 Å². The molecule has 0 aliphatic carbocycles. The molecule has 0 aliphatic rings. The number of aryl methyl sites for hydroxylation is 1. The zero-order valence-corrected chi connectivity index (χ0v) is 10.7. The quantitative estimate of drug-likeness (QED) is 0.842. The fourth-order valence-electron chi connectivity index (χ4n) is 1.61. The third kappa shape index (κ3) is 2.52. The highest BCUT2D eigenvalue weighted by molar-refractivity contribution is 7.89. The van der Waals surface area contributed by atoms with Crippen LogP contribution in [-0.2, 0) is 23.6 Å². The Kier molecular flexibility index (Phi) is 3.35. The van der Waals surface area contributed by atoms with Crippen molar-refractivity contribution in [1.29, 1.82) is 0 Å². The van der Waals surface area contributed by atoms with E-state index in [1.54, 1.807) is 7.05 Å². The summed E-state index contributed by atoms with van der Waals surface area (Å²) in [5.74, 6) is -0.00179. The van der Waals surface area contributed by atoms with Crippen molar-refractivity contribution in [2.45, 2.75) is 11.6 Å². The number of hydrogen-bond donors (Lipinski definition) is 2. The average Bonchev–Trinajstić information content (AvgIpc) is 2.69. The number of imidazole rings is 1. The van der Waals surface area contributed by atoms with Crippen LogP contribution in [0.5, 0.6) is 0 Å². The summed E-state index contributed by atoms with van der Waals surface area (Å²) >= 11 is 0. The van der Waals surface area contributed by atoms with Crippen molar-refractivity contribution < 1.29 is 8.42 Å². The van der Waals surface area contributed by atoms with Crippen molar-refractivity contribution in [3.63, 3.8) is 0 Å². The monoisotopic (exact) mass is 266 g/mol. The third-order valence-corrected chi connectivity index (χ3v) is 4.00. The summed E-state index contributed by atoms with van der Waals surface area (Å²) in [5, 5.41) is -0.0153. The molecule has 1 heterocycles. The van der Waals surface area contributed by atoms with E-state index in [1.807, 2.05) is 30.3 Å². The maximum atomic E-state index is 12.1. The predicted molar refractivity (Wildman–Crippen MR) is 68.1 cm³/mol. The molecule has 3 N–H and O–H groups in total. The van der Waals surface area contributed by atoms with Crippen LogP contribution in [0.3, 0.4) is 0 Å². The second-order valence-corrected chi connectivity index (χ2v) is 5.54. The molecule has 0 radical (unpaired) electrons. The number of rotatable bonds is 4. The van der Waals surface area contributed by atoms with Gasteiger partial charge in [-0.15, -0.1) is 0 Å². The topological polar surface area (TPSA) is 90.0 Å². The van der Waals surface area contributed by atoms with E-state index in [0.29, 0.717) is 0 Å². The first kappa shape index (κ1) is 12.6. The number of hydrogen-bond acceptors (Lipinski definition) is 4. The molecule has 0 saturated heterocycles. The number of sulfonamides is 1. The maximum absolute atomic E-state index is 12.1. The highest BCUT2D eigenvalue weighted by Gasteiger charge is 2.21. The van der Waals surface area contributed by atoms with Gasteiger partial charge in [-0.1, -0.05) is 30.3 Å². The molecule has 18 heavy (non-hydrogen) atoms. The van der Waals surface area contributed by atoms with Crippen molar-refractivity contribution in [1.82, 2.24) is 14.3 Å². The van der Waals surface area contributed by atoms with E-state index < -0.39 is 10.0 Å². The third-order valence-electron chi connectivity index (χ3n) is 2.47. The lowest BCUT2D eigenvalue weighted by atomic mass is 10.2. The van der Waals surface area contributed by atoms with Gasteiger partial charge < -0.3 is 10.3 Å². The molecule has 1 aromatic heterocycles. The molecule has 0 saturated carbocycles. The fraction of sp³-hybridized carbons (Fsp3) is 0.182. The second-order valence-electron chi connectivity index (χ2n) is 3.86. The maximum Gasteiger partial charge on any atom is 0.260 e. The summed E-state index contributed by atoms with van der Waals surface area (Å²) < 4.78 is 28.0. The van der Waals surface area contributed by atoms with Gasteiger partial charge in [0.25, 0.3) is 10.0 Å². The molecular weight excluding hydrogens is 252 g/mol. The van der Waals surface area contributed by atoms with Crippen LogP contribution in [-0.4, -0.2) is 18.0 Å². The predicted octanol–water partition coefficient (Wildman–Crippen LogP) is 0.481. The lowest BCUT2D eigenvalue weighted by Crippen LogP contribution is -2.25. The van der Waals surface area contributed by atoms with Crippen LogP contribution >= 0.6 is 0 Å². The Balaban J connectivity index is 2.19. The first-order valence-electron chi connectivity index (χ1n) is 5.31. The van der Waals surface area contributed by atoms with Crippen LogP contribution in [0.25, 0.3) is 0 Å². The molecule has 0 unspecified atom stereocenters. The molecule has 0 atom stereocenters. The van der Waals surface area contributed by atoms with Crippen LogP contribution < -0.4 is 10.5 Å². The molecule has 2 rings (SSSR count). The Labute approximate surface area is 106 Å². The number of nitrogens with two attached hydrogens (primary N) is 1. The van der Waals surface area contributed by atoms with Crippen molar-refractivity contribution in [2.24, 2.45) is 7.05 Å². The molecule has 96 valence electrons. The largest absolute Gasteiger partial charge is 0.381 e. The van der Waals surface area contributed by atoms with Gasteiger partial charge in [0.15, 0.2) is 10.8 Å². The van der Waals surface area contributed by atoms with E-state index in [9.17, 15) is 8.42 Å². The molecule has 0 bridgehead atoms. The summed E-state index contributed by atoms with van der Waals surface area (Å²) in [5.41, 5.74) is 6.42. The van der Waals surface area contributed by atoms with E-state index in [4.69, 9.17) is 5.73 Å². The van der Waals surface area contributed by atoms with E-state index in [-0.39, 0.29) is 17.4 Å². The smallest absolute Gasteiger partial charge is 0.260 e. The van der Waals surface area contributed by atoms with Gasteiger partial charge in [0.05, 0.1) is 6.33 Å². The van der Waals surface area contributed by atoms with Crippen LogP contribution in [0.15, 0.2) is 41.7 Å². The van der Waals surface area contributed by atoms with Gasteiger partial charge >= 0.3 is 0 Å². The molecule has 1 aromatic carbocycles. The molecular formula is C11H14N4O2S. The van der Waals surface area contributed by atoms with Gasteiger partial charge in [0, 0.05) is 13.6 Å². The van der Waals surface area contributed by atoms with Gasteiger partial charge in [-0.05, 0) is 5.56 Å².